The molecule has 0 saturated carbocycles. The molecule has 6 nitrogen and oxygen atoms in total. The number of piperazine rings is 1. The number of halogens is 1. The Labute approximate surface area is 168 Å². The molecule has 0 radical (unpaired) electrons. The van der Waals surface area contributed by atoms with Crippen molar-refractivity contribution in [3.8, 4) is 5.13 Å². The van der Waals surface area contributed by atoms with Crippen molar-refractivity contribution in [2.75, 3.05) is 42.9 Å². The number of nitrogens with zero attached hydrogens (tertiary/aromatic N) is 5. The average molecular weight is 403 g/mol. The summed E-state index contributed by atoms with van der Waals surface area (Å²) in [7, 11) is 0. The van der Waals surface area contributed by atoms with Gasteiger partial charge in [-0.25, -0.2) is 0 Å². The summed E-state index contributed by atoms with van der Waals surface area (Å²) in [5.41, 5.74) is 2.13. The summed E-state index contributed by atoms with van der Waals surface area (Å²) in [4.78, 5) is 4.80. The molecule has 2 aromatic heterocycles. The minimum Gasteiger partial charge on any atom is -0.379 e. The minimum atomic E-state index is 0.692. The third-order valence-electron chi connectivity index (χ3n) is 4.83. The maximum atomic E-state index is 6.06. The molecule has 8 heteroatoms. The third kappa shape index (κ3) is 4.26. The van der Waals surface area contributed by atoms with E-state index in [0.717, 1.165) is 59.4 Å². The molecule has 1 saturated heterocycles. The second-order valence-electron chi connectivity index (χ2n) is 6.52. The van der Waals surface area contributed by atoms with Crippen molar-refractivity contribution < 1.29 is 0 Å². The number of benzene rings is 1. The quantitative estimate of drug-likeness (QED) is 0.680. The van der Waals surface area contributed by atoms with Crippen LogP contribution in [-0.2, 0) is 6.54 Å². The van der Waals surface area contributed by atoms with E-state index in [2.05, 4.69) is 42.9 Å². The Morgan fingerprint density at radius 1 is 1.07 bits per heavy atom. The summed E-state index contributed by atoms with van der Waals surface area (Å²) in [6.07, 6.45) is 2.04. The Hall–Kier alpha value is -2.09. The van der Waals surface area contributed by atoms with Gasteiger partial charge < -0.3 is 15.1 Å². The first-order chi connectivity index (χ1) is 13.2. The summed E-state index contributed by atoms with van der Waals surface area (Å²) in [6, 6.07) is 11.9. The van der Waals surface area contributed by atoms with Gasteiger partial charge in [-0.3, -0.25) is 4.57 Å². The Morgan fingerprint density at radius 2 is 1.89 bits per heavy atom. The highest BCUT2D eigenvalue weighted by molar-refractivity contribution is 7.17. The van der Waals surface area contributed by atoms with E-state index in [1.165, 1.54) is 0 Å². The van der Waals surface area contributed by atoms with Crippen LogP contribution in [0.15, 0.2) is 42.6 Å². The maximum absolute atomic E-state index is 6.06. The Kier molecular flexibility index (Phi) is 5.61. The highest BCUT2D eigenvalue weighted by Crippen LogP contribution is 2.26. The number of aromatic nitrogens is 3. The highest BCUT2D eigenvalue weighted by Gasteiger charge is 2.20. The smallest absolute Gasteiger partial charge is 0.218 e. The van der Waals surface area contributed by atoms with Crippen LogP contribution in [0, 0.1) is 0 Å². The maximum Gasteiger partial charge on any atom is 0.218 e. The predicted molar refractivity (Wildman–Crippen MR) is 112 cm³/mol. The Balaban J connectivity index is 1.44. The van der Waals surface area contributed by atoms with Crippen molar-refractivity contribution in [2.24, 2.45) is 0 Å². The van der Waals surface area contributed by atoms with Crippen molar-refractivity contribution in [2.45, 2.75) is 13.5 Å². The van der Waals surface area contributed by atoms with E-state index < -0.39 is 0 Å². The van der Waals surface area contributed by atoms with Gasteiger partial charge in [-0.1, -0.05) is 35.9 Å². The molecule has 1 fully saturated rings. The van der Waals surface area contributed by atoms with Crippen LogP contribution in [-0.4, -0.2) is 52.4 Å². The van der Waals surface area contributed by atoms with E-state index >= 15 is 0 Å². The van der Waals surface area contributed by atoms with Gasteiger partial charge in [-0.15, -0.1) is 10.2 Å². The van der Waals surface area contributed by atoms with Crippen LogP contribution in [0.25, 0.3) is 5.13 Å². The molecule has 0 atom stereocenters. The highest BCUT2D eigenvalue weighted by atomic mass is 35.5. The number of hydrogen-bond donors (Lipinski definition) is 1. The van der Waals surface area contributed by atoms with Crippen LogP contribution in [0.2, 0.25) is 5.02 Å². The summed E-state index contributed by atoms with van der Waals surface area (Å²) in [5.74, 6) is 0. The number of hydrogen-bond acceptors (Lipinski definition) is 6. The molecule has 0 amide bonds. The SMILES string of the molecule is CCN1CCN(c2nnc(-n3cccc3CNc3cccc(Cl)c3)s2)CC1. The standard InChI is InChI=1S/C19H23ClN6S/c1-2-24-9-11-25(12-10-24)18-22-23-19(27-18)26-8-4-7-17(26)14-21-16-6-3-5-15(20)13-16/h3-8,13,21H,2,9-12,14H2,1H3. The molecule has 1 N–H and O–H groups in total. The van der Waals surface area contributed by atoms with Crippen LogP contribution in [0.3, 0.4) is 0 Å². The van der Waals surface area contributed by atoms with E-state index in [1.54, 1.807) is 11.3 Å². The molecule has 0 spiro atoms. The Bertz CT molecular complexity index is 884. The zero-order chi connectivity index (χ0) is 18.6. The zero-order valence-corrected chi connectivity index (χ0v) is 16.9. The van der Waals surface area contributed by atoms with Crippen LogP contribution in [0.1, 0.15) is 12.6 Å². The molecule has 0 unspecified atom stereocenters. The number of nitrogens with one attached hydrogen (secondary N) is 1. The summed E-state index contributed by atoms with van der Waals surface area (Å²) in [6.45, 7) is 8.21. The molecule has 4 rings (SSSR count). The lowest BCUT2D eigenvalue weighted by Crippen LogP contribution is -2.46. The number of likely N-dealkylation sites (N-methyl/N-ethyl adjacent to an activating group) is 1. The van der Waals surface area contributed by atoms with Crippen LogP contribution < -0.4 is 10.2 Å². The van der Waals surface area contributed by atoms with Crippen molar-refractivity contribution in [3.63, 3.8) is 0 Å². The van der Waals surface area contributed by atoms with Gasteiger partial charge in [0.1, 0.15) is 0 Å². The molecule has 0 aliphatic carbocycles. The molecular formula is C19H23ClN6S. The van der Waals surface area contributed by atoms with Crippen molar-refractivity contribution in [1.29, 1.82) is 0 Å². The fourth-order valence-electron chi connectivity index (χ4n) is 3.23. The molecule has 1 aromatic carbocycles. The molecule has 3 aromatic rings. The van der Waals surface area contributed by atoms with Crippen LogP contribution >= 0.6 is 22.9 Å². The monoisotopic (exact) mass is 402 g/mol. The molecule has 1 aliphatic heterocycles. The van der Waals surface area contributed by atoms with E-state index in [0.29, 0.717) is 6.54 Å². The van der Waals surface area contributed by atoms with Crippen molar-refractivity contribution in [1.82, 2.24) is 19.7 Å². The largest absolute Gasteiger partial charge is 0.379 e. The van der Waals surface area contributed by atoms with Gasteiger partial charge in [0, 0.05) is 48.8 Å². The van der Waals surface area contributed by atoms with Gasteiger partial charge >= 0.3 is 0 Å². The van der Waals surface area contributed by atoms with Gasteiger partial charge in [0.2, 0.25) is 10.3 Å². The number of rotatable bonds is 6. The van der Waals surface area contributed by atoms with Crippen molar-refractivity contribution in [3.05, 3.63) is 53.3 Å². The van der Waals surface area contributed by atoms with Crippen LogP contribution in [0.4, 0.5) is 10.8 Å². The lowest BCUT2D eigenvalue weighted by Gasteiger charge is -2.33. The van der Waals surface area contributed by atoms with Gasteiger partial charge in [-0.2, -0.15) is 0 Å². The third-order valence-corrected chi connectivity index (χ3v) is 6.05. The summed E-state index contributed by atoms with van der Waals surface area (Å²) in [5, 5.41) is 14.9. The predicted octanol–water partition coefficient (Wildman–Crippen LogP) is 3.74. The normalized spacial score (nSPS) is 15.3. The molecule has 142 valence electrons. The van der Waals surface area contributed by atoms with E-state index in [-0.39, 0.29) is 0 Å². The Morgan fingerprint density at radius 3 is 2.67 bits per heavy atom. The molecule has 27 heavy (non-hydrogen) atoms. The van der Waals surface area contributed by atoms with E-state index in [4.69, 9.17) is 11.6 Å². The fraction of sp³-hybridized carbons (Fsp3) is 0.368. The molecular weight excluding hydrogens is 380 g/mol. The van der Waals surface area contributed by atoms with Crippen molar-refractivity contribution >= 4 is 33.8 Å². The second-order valence-corrected chi connectivity index (χ2v) is 7.89. The van der Waals surface area contributed by atoms with Gasteiger partial charge in [-0.05, 0) is 36.9 Å². The lowest BCUT2D eigenvalue weighted by molar-refractivity contribution is 0.271. The van der Waals surface area contributed by atoms with E-state index in [1.807, 2.05) is 36.5 Å². The second kappa shape index (κ2) is 8.29. The first-order valence-electron chi connectivity index (χ1n) is 9.20. The number of anilines is 2. The molecule has 3 heterocycles. The summed E-state index contributed by atoms with van der Waals surface area (Å²) >= 11 is 7.70. The van der Waals surface area contributed by atoms with Gasteiger partial charge in [0.05, 0.1) is 6.54 Å². The molecule has 1 aliphatic rings. The average Bonchev–Trinajstić information content (AvgIpc) is 3.36. The fourth-order valence-corrected chi connectivity index (χ4v) is 4.33. The zero-order valence-electron chi connectivity index (χ0n) is 15.3. The molecule has 0 bridgehead atoms. The lowest BCUT2D eigenvalue weighted by atomic mass is 10.3. The topological polar surface area (TPSA) is 49.2 Å². The van der Waals surface area contributed by atoms with Gasteiger partial charge in [0.15, 0.2) is 0 Å². The van der Waals surface area contributed by atoms with Crippen LogP contribution in [0.5, 0.6) is 0 Å². The first-order valence-corrected chi connectivity index (χ1v) is 10.4. The van der Waals surface area contributed by atoms with Gasteiger partial charge in [0.25, 0.3) is 0 Å². The van der Waals surface area contributed by atoms with E-state index in [9.17, 15) is 0 Å². The summed E-state index contributed by atoms with van der Waals surface area (Å²) < 4.78 is 2.10. The minimum absolute atomic E-state index is 0.692. The first kappa shape index (κ1) is 18.3.